The molecule has 1 aromatic carbocycles. The van der Waals surface area contributed by atoms with E-state index in [2.05, 4.69) is 5.32 Å². The van der Waals surface area contributed by atoms with Crippen LogP contribution in [0.3, 0.4) is 0 Å². The molecule has 100 valence electrons. The van der Waals surface area contributed by atoms with E-state index < -0.39 is 6.03 Å². The van der Waals surface area contributed by atoms with E-state index in [4.69, 9.17) is 10.2 Å². The first-order valence-electron chi connectivity index (χ1n) is 5.62. The number of aryl methyl sites for hydroxylation is 1. The van der Waals surface area contributed by atoms with Gasteiger partial charge in [-0.25, -0.2) is 9.18 Å². The summed E-state index contributed by atoms with van der Waals surface area (Å²) < 4.78 is 12.9. The fourth-order valence-corrected chi connectivity index (χ4v) is 1.52. The summed E-state index contributed by atoms with van der Waals surface area (Å²) in [6.07, 6.45) is 0. The average Bonchev–Trinajstić information content (AvgIpc) is 2.32. The first kappa shape index (κ1) is 14.4. The number of nitrogens with one attached hydrogen (secondary N) is 1. The molecule has 1 rings (SSSR count). The van der Waals surface area contributed by atoms with Crippen molar-refractivity contribution in [3.05, 3.63) is 29.6 Å². The van der Waals surface area contributed by atoms with Crippen molar-refractivity contribution < 1.29 is 19.4 Å². The summed E-state index contributed by atoms with van der Waals surface area (Å²) in [5, 5.41) is 20.2. The van der Waals surface area contributed by atoms with E-state index in [0.717, 1.165) is 0 Å². The highest BCUT2D eigenvalue weighted by Gasteiger charge is 2.13. The second-order valence-electron chi connectivity index (χ2n) is 3.82. The van der Waals surface area contributed by atoms with Gasteiger partial charge in [0.1, 0.15) is 5.82 Å². The number of benzene rings is 1. The highest BCUT2D eigenvalue weighted by atomic mass is 19.1. The van der Waals surface area contributed by atoms with Crippen LogP contribution in [-0.4, -0.2) is 47.4 Å². The molecule has 0 aliphatic heterocycles. The molecule has 5 nitrogen and oxygen atoms in total. The molecule has 0 unspecified atom stereocenters. The van der Waals surface area contributed by atoms with E-state index in [1.807, 2.05) is 0 Å². The van der Waals surface area contributed by atoms with E-state index in [-0.39, 0.29) is 32.1 Å². The smallest absolute Gasteiger partial charge is 0.322 e. The number of urea groups is 1. The summed E-state index contributed by atoms with van der Waals surface area (Å²) >= 11 is 0. The van der Waals surface area contributed by atoms with E-state index in [1.165, 1.54) is 23.1 Å². The van der Waals surface area contributed by atoms with Crippen LogP contribution in [0.15, 0.2) is 18.2 Å². The lowest BCUT2D eigenvalue weighted by Crippen LogP contribution is -2.39. The maximum Gasteiger partial charge on any atom is 0.322 e. The molecule has 0 aliphatic rings. The van der Waals surface area contributed by atoms with Gasteiger partial charge in [0.05, 0.1) is 13.2 Å². The minimum Gasteiger partial charge on any atom is -0.395 e. The molecule has 2 amide bonds. The largest absolute Gasteiger partial charge is 0.395 e. The van der Waals surface area contributed by atoms with Crippen LogP contribution in [0.2, 0.25) is 0 Å². The first-order valence-corrected chi connectivity index (χ1v) is 5.62. The molecule has 0 saturated carbocycles. The Morgan fingerprint density at radius 1 is 1.33 bits per heavy atom. The lowest BCUT2D eigenvalue weighted by atomic mass is 10.2. The Kier molecular flexibility index (Phi) is 5.54. The van der Waals surface area contributed by atoms with Crippen molar-refractivity contribution >= 4 is 11.7 Å². The van der Waals surface area contributed by atoms with Gasteiger partial charge in [0.15, 0.2) is 0 Å². The third-order valence-corrected chi connectivity index (χ3v) is 2.46. The van der Waals surface area contributed by atoms with Crippen LogP contribution >= 0.6 is 0 Å². The summed E-state index contributed by atoms with van der Waals surface area (Å²) in [4.78, 5) is 13.1. The van der Waals surface area contributed by atoms with Gasteiger partial charge in [-0.2, -0.15) is 0 Å². The molecule has 0 fully saturated rings. The maximum absolute atomic E-state index is 12.9. The lowest BCUT2D eigenvalue weighted by molar-refractivity contribution is 0.167. The number of hydrogen-bond donors (Lipinski definition) is 3. The van der Waals surface area contributed by atoms with Gasteiger partial charge in [-0.05, 0) is 30.7 Å². The summed E-state index contributed by atoms with van der Waals surface area (Å²) in [7, 11) is 0. The number of carbonyl (C=O) groups is 1. The van der Waals surface area contributed by atoms with Gasteiger partial charge >= 0.3 is 6.03 Å². The van der Waals surface area contributed by atoms with Gasteiger partial charge in [-0.3, -0.25) is 0 Å². The van der Waals surface area contributed by atoms with Gasteiger partial charge in [0.2, 0.25) is 0 Å². The van der Waals surface area contributed by atoms with Crippen LogP contribution in [0, 0.1) is 12.7 Å². The molecule has 0 radical (unpaired) electrons. The van der Waals surface area contributed by atoms with Crippen molar-refractivity contribution in [1.29, 1.82) is 0 Å². The van der Waals surface area contributed by atoms with Crippen LogP contribution in [0.1, 0.15) is 5.56 Å². The number of anilines is 1. The molecule has 0 aliphatic carbocycles. The predicted octanol–water partition coefficient (Wildman–Crippen LogP) is 0.953. The molecule has 0 heterocycles. The summed E-state index contributed by atoms with van der Waals surface area (Å²) in [5.41, 5.74) is 1.11. The summed E-state index contributed by atoms with van der Waals surface area (Å²) in [6.45, 7) is 1.58. The lowest BCUT2D eigenvalue weighted by Gasteiger charge is -2.21. The quantitative estimate of drug-likeness (QED) is 0.734. The van der Waals surface area contributed by atoms with Gasteiger partial charge in [-0.15, -0.1) is 0 Å². The number of aliphatic hydroxyl groups excluding tert-OH is 2. The van der Waals surface area contributed by atoms with Crippen LogP contribution < -0.4 is 5.32 Å². The Morgan fingerprint density at radius 2 is 1.94 bits per heavy atom. The minimum absolute atomic E-state index is 0.132. The Bertz CT molecular complexity index is 406. The standard InChI is InChI=1S/C12H17FN2O3/c1-9-8-10(13)2-3-11(9)14-12(18)15(4-6-16)5-7-17/h2-3,8,16-17H,4-7H2,1H3,(H,14,18). The summed E-state index contributed by atoms with van der Waals surface area (Å²) in [6, 6.07) is 3.61. The van der Waals surface area contributed by atoms with Crippen molar-refractivity contribution in [3.63, 3.8) is 0 Å². The van der Waals surface area contributed by atoms with Gasteiger partial charge in [0, 0.05) is 18.8 Å². The van der Waals surface area contributed by atoms with Crippen molar-refractivity contribution in [2.24, 2.45) is 0 Å². The number of nitrogens with zero attached hydrogens (tertiary/aromatic N) is 1. The summed E-state index contributed by atoms with van der Waals surface area (Å²) in [5.74, 6) is -0.368. The second kappa shape index (κ2) is 6.93. The monoisotopic (exact) mass is 256 g/mol. The maximum atomic E-state index is 12.9. The third kappa shape index (κ3) is 3.97. The number of amides is 2. The molecule has 3 N–H and O–H groups in total. The molecular formula is C12H17FN2O3. The SMILES string of the molecule is Cc1cc(F)ccc1NC(=O)N(CCO)CCO. The Morgan fingerprint density at radius 3 is 2.44 bits per heavy atom. The Labute approximate surface area is 105 Å². The minimum atomic E-state index is -0.437. The van der Waals surface area contributed by atoms with Crippen molar-refractivity contribution in [3.8, 4) is 0 Å². The molecule has 0 bridgehead atoms. The topological polar surface area (TPSA) is 72.8 Å². The van der Waals surface area contributed by atoms with Crippen LogP contribution in [0.4, 0.5) is 14.9 Å². The van der Waals surface area contributed by atoms with Gasteiger partial charge in [0.25, 0.3) is 0 Å². The number of hydrogen-bond acceptors (Lipinski definition) is 3. The Hall–Kier alpha value is -1.66. The van der Waals surface area contributed by atoms with E-state index in [0.29, 0.717) is 11.3 Å². The second-order valence-corrected chi connectivity index (χ2v) is 3.82. The predicted molar refractivity (Wildman–Crippen MR) is 65.9 cm³/mol. The van der Waals surface area contributed by atoms with E-state index in [9.17, 15) is 9.18 Å². The zero-order chi connectivity index (χ0) is 13.5. The van der Waals surface area contributed by atoms with Crippen molar-refractivity contribution in [1.82, 2.24) is 4.90 Å². The molecule has 1 aromatic rings. The molecule has 0 saturated heterocycles. The van der Waals surface area contributed by atoms with Crippen molar-refractivity contribution in [2.75, 3.05) is 31.6 Å². The molecule has 18 heavy (non-hydrogen) atoms. The number of carbonyl (C=O) groups excluding carboxylic acids is 1. The molecule has 0 atom stereocenters. The van der Waals surface area contributed by atoms with E-state index >= 15 is 0 Å². The molecule has 6 heteroatoms. The van der Waals surface area contributed by atoms with Gasteiger partial charge in [-0.1, -0.05) is 0 Å². The normalized spacial score (nSPS) is 10.2. The molecular weight excluding hydrogens is 239 g/mol. The average molecular weight is 256 g/mol. The fraction of sp³-hybridized carbons (Fsp3) is 0.417. The third-order valence-electron chi connectivity index (χ3n) is 2.46. The number of aliphatic hydroxyl groups is 2. The first-order chi connectivity index (χ1) is 8.58. The van der Waals surface area contributed by atoms with Crippen molar-refractivity contribution in [2.45, 2.75) is 6.92 Å². The van der Waals surface area contributed by atoms with Crippen LogP contribution in [-0.2, 0) is 0 Å². The Balaban J connectivity index is 2.72. The van der Waals surface area contributed by atoms with Crippen LogP contribution in [0.5, 0.6) is 0 Å². The van der Waals surface area contributed by atoms with Gasteiger partial charge < -0.3 is 20.4 Å². The van der Waals surface area contributed by atoms with Crippen LogP contribution in [0.25, 0.3) is 0 Å². The zero-order valence-electron chi connectivity index (χ0n) is 10.2. The van der Waals surface area contributed by atoms with E-state index in [1.54, 1.807) is 6.92 Å². The molecule has 0 spiro atoms. The number of rotatable bonds is 5. The molecule has 0 aromatic heterocycles. The fourth-order valence-electron chi connectivity index (χ4n) is 1.52. The number of halogens is 1. The zero-order valence-corrected chi connectivity index (χ0v) is 10.2. The highest BCUT2D eigenvalue weighted by molar-refractivity contribution is 5.90. The highest BCUT2D eigenvalue weighted by Crippen LogP contribution is 2.16.